The van der Waals surface area contributed by atoms with Crippen LogP contribution in [0.25, 0.3) is 10.9 Å². The molecule has 3 aromatic rings. The van der Waals surface area contributed by atoms with E-state index in [2.05, 4.69) is 15.3 Å². The summed E-state index contributed by atoms with van der Waals surface area (Å²) in [5.41, 5.74) is 1.99. The first-order valence-electron chi connectivity index (χ1n) is 6.53. The molecule has 106 valence electrons. The first-order valence-corrected chi connectivity index (χ1v) is 6.91. The van der Waals surface area contributed by atoms with Crippen molar-refractivity contribution in [3.8, 4) is 5.75 Å². The van der Waals surface area contributed by atoms with E-state index < -0.39 is 0 Å². The van der Waals surface area contributed by atoms with E-state index in [1.807, 2.05) is 42.5 Å². The number of aromatic nitrogens is 2. The van der Waals surface area contributed by atoms with Crippen molar-refractivity contribution in [2.24, 2.45) is 0 Å². The van der Waals surface area contributed by atoms with Crippen LogP contribution in [-0.2, 0) is 6.54 Å². The number of halogens is 1. The summed E-state index contributed by atoms with van der Waals surface area (Å²) >= 11 is 5.88. The fourth-order valence-corrected chi connectivity index (χ4v) is 2.22. The number of anilines is 1. The smallest absolute Gasteiger partial charge is 0.137 e. The first kappa shape index (κ1) is 13.6. The minimum absolute atomic E-state index is 0.676. The number of nitrogens with zero attached hydrogens (tertiary/aromatic N) is 2. The molecule has 1 aromatic heterocycles. The maximum atomic E-state index is 5.88. The van der Waals surface area contributed by atoms with Gasteiger partial charge in [-0.05, 0) is 29.8 Å². The maximum absolute atomic E-state index is 5.88. The van der Waals surface area contributed by atoms with Crippen molar-refractivity contribution in [2.45, 2.75) is 6.54 Å². The van der Waals surface area contributed by atoms with Gasteiger partial charge in [0, 0.05) is 23.0 Å². The summed E-state index contributed by atoms with van der Waals surface area (Å²) in [6.45, 7) is 0.676. The van der Waals surface area contributed by atoms with E-state index in [1.165, 1.54) is 0 Å². The fraction of sp³-hybridized carbons (Fsp3) is 0.125. The van der Waals surface area contributed by atoms with Gasteiger partial charge in [-0.3, -0.25) is 0 Å². The second-order valence-corrected chi connectivity index (χ2v) is 5.02. The molecule has 0 saturated heterocycles. The molecule has 0 aliphatic heterocycles. The van der Waals surface area contributed by atoms with E-state index in [1.54, 1.807) is 13.4 Å². The molecule has 0 spiro atoms. The molecule has 0 atom stereocenters. The highest BCUT2D eigenvalue weighted by molar-refractivity contribution is 6.30. The number of fused-ring (bicyclic) bond motifs is 1. The zero-order valence-corrected chi connectivity index (χ0v) is 12.3. The summed E-state index contributed by atoms with van der Waals surface area (Å²) in [7, 11) is 1.64. The number of methoxy groups -OCH3 is 1. The Morgan fingerprint density at radius 3 is 2.67 bits per heavy atom. The lowest BCUT2D eigenvalue weighted by molar-refractivity contribution is 0.415. The van der Waals surface area contributed by atoms with E-state index in [0.29, 0.717) is 6.54 Å². The quantitative estimate of drug-likeness (QED) is 0.793. The largest absolute Gasteiger partial charge is 0.497 e. The van der Waals surface area contributed by atoms with E-state index in [9.17, 15) is 0 Å². The summed E-state index contributed by atoms with van der Waals surface area (Å²) in [5, 5.41) is 5.03. The SMILES string of the molecule is COc1ccc2c(NCc3ccc(Cl)cc3)ncnc2c1. The molecule has 21 heavy (non-hydrogen) atoms. The van der Waals surface area contributed by atoms with Crippen molar-refractivity contribution in [1.82, 2.24) is 9.97 Å². The lowest BCUT2D eigenvalue weighted by atomic mass is 10.2. The van der Waals surface area contributed by atoms with E-state index in [-0.39, 0.29) is 0 Å². The van der Waals surface area contributed by atoms with Gasteiger partial charge in [0.1, 0.15) is 17.9 Å². The summed E-state index contributed by atoms with van der Waals surface area (Å²) in [5.74, 6) is 1.59. The van der Waals surface area contributed by atoms with Gasteiger partial charge in [0.05, 0.1) is 12.6 Å². The Hall–Kier alpha value is -2.33. The van der Waals surface area contributed by atoms with Crippen LogP contribution >= 0.6 is 11.6 Å². The summed E-state index contributed by atoms with van der Waals surface area (Å²) < 4.78 is 5.21. The van der Waals surface area contributed by atoms with Crippen LogP contribution in [-0.4, -0.2) is 17.1 Å². The van der Waals surface area contributed by atoms with Crippen molar-refractivity contribution in [2.75, 3.05) is 12.4 Å². The summed E-state index contributed by atoms with van der Waals surface area (Å²) in [4.78, 5) is 8.57. The molecule has 5 heteroatoms. The number of hydrogen-bond acceptors (Lipinski definition) is 4. The number of nitrogens with one attached hydrogen (secondary N) is 1. The third kappa shape index (κ3) is 3.06. The fourth-order valence-electron chi connectivity index (χ4n) is 2.09. The molecule has 1 heterocycles. The molecular weight excluding hydrogens is 286 g/mol. The first-order chi connectivity index (χ1) is 10.3. The molecule has 0 aliphatic carbocycles. The molecule has 0 amide bonds. The van der Waals surface area contributed by atoms with Crippen LogP contribution in [0.15, 0.2) is 48.8 Å². The molecule has 0 saturated carbocycles. The van der Waals surface area contributed by atoms with Crippen molar-refractivity contribution in [1.29, 1.82) is 0 Å². The Labute approximate surface area is 127 Å². The topological polar surface area (TPSA) is 47.0 Å². The van der Waals surface area contributed by atoms with Gasteiger partial charge < -0.3 is 10.1 Å². The third-order valence-corrected chi connectivity index (χ3v) is 3.47. The minimum Gasteiger partial charge on any atom is -0.497 e. The van der Waals surface area contributed by atoms with Crippen LogP contribution in [0.1, 0.15) is 5.56 Å². The van der Waals surface area contributed by atoms with Gasteiger partial charge in [0.25, 0.3) is 0 Å². The summed E-state index contributed by atoms with van der Waals surface area (Å²) in [6, 6.07) is 13.5. The van der Waals surface area contributed by atoms with Crippen LogP contribution in [0, 0.1) is 0 Å². The van der Waals surface area contributed by atoms with Crippen LogP contribution in [0.5, 0.6) is 5.75 Å². The molecule has 0 aliphatic rings. The van der Waals surface area contributed by atoms with E-state index in [4.69, 9.17) is 16.3 Å². The maximum Gasteiger partial charge on any atom is 0.137 e. The van der Waals surface area contributed by atoms with Gasteiger partial charge in [0.2, 0.25) is 0 Å². The van der Waals surface area contributed by atoms with Crippen LogP contribution < -0.4 is 10.1 Å². The van der Waals surface area contributed by atoms with E-state index in [0.717, 1.165) is 33.1 Å². The van der Waals surface area contributed by atoms with Crippen molar-refractivity contribution in [3.63, 3.8) is 0 Å². The second-order valence-electron chi connectivity index (χ2n) is 4.59. The molecule has 4 nitrogen and oxygen atoms in total. The van der Waals surface area contributed by atoms with E-state index >= 15 is 0 Å². The predicted octanol–water partition coefficient (Wildman–Crippen LogP) is 3.90. The predicted molar refractivity (Wildman–Crippen MR) is 84.9 cm³/mol. The van der Waals surface area contributed by atoms with Gasteiger partial charge in [-0.15, -0.1) is 0 Å². The van der Waals surface area contributed by atoms with Gasteiger partial charge in [-0.2, -0.15) is 0 Å². The number of benzene rings is 2. The molecule has 3 rings (SSSR count). The number of ether oxygens (including phenoxy) is 1. The number of hydrogen-bond donors (Lipinski definition) is 1. The highest BCUT2D eigenvalue weighted by Crippen LogP contribution is 2.24. The lowest BCUT2D eigenvalue weighted by Gasteiger charge is -2.09. The van der Waals surface area contributed by atoms with Crippen molar-refractivity contribution in [3.05, 3.63) is 59.4 Å². The van der Waals surface area contributed by atoms with Crippen LogP contribution in [0.4, 0.5) is 5.82 Å². The Kier molecular flexibility index (Phi) is 3.88. The van der Waals surface area contributed by atoms with Crippen molar-refractivity contribution < 1.29 is 4.74 Å². The Morgan fingerprint density at radius 1 is 1.10 bits per heavy atom. The minimum atomic E-state index is 0.676. The van der Waals surface area contributed by atoms with Crippen molar-refractivity contribution >= 4 is 28.3 Å². The van der Waals surface area contributed by atoms with Gasteiger partial charge in [0.15, 0.2) is 0 Å². The lowest BCUT2D eigenvalue weighted by Crippen LogP contribution is -2.02. The molecule has 2 aromatic carbocycles. The molecule has 0 unspecified atom stereocenters. The zero-order chi connectivity index (χ0) is 14.7. The average molecular weight is 300 g/mol. The molecule has 0 radical (unpaired) electrons. The van der Waals surface area contributed by atoms with Gasteiger partial charge in [-0.25, -0.2) is 9.97 Å². The molecular formula is C16H14ClN3O. The van der Waals surface area contributed by atoms with Crippen LogP contribution in [0.3, 0.4) is 0 Å². The van der Waals surface area contributed by atoms with Gasteiger partial charge >= 0.3 is 0 Å². The zero-order valence-electron chi connectivity index (χ0n) is 11.5. The Morgan fingerprint density at radius 2 is 1.90 bits per heavy atom. The third-order valence-electron chi connectivity index (χ3n) is 3.22. The summed E-state index contributed by atoms with van der Waals surface area (Å²) in [6.07, 6.45) is 1.55. The Bertz CT molecular complexity index is 759. The molecule has 0 bridgehead atoms. The molecule has 0 fully saturated rings. The number of rotatable bonds is 4. The van der Waals surface area contributed by atoms with Crippen LogP contribution in [0.2, 0.25) is 5.02 Å². The van der Waals surface area contributed by atoms with Gasteiger partial charge in [-0.1, -0.05) is 23.7 Å². The molecule has 1 N–H and O–H groups in total. The Balaban J connectivity index is 1.85. The second kappa shape index (κ2) is 5.97. The highest BCUT2D eigenvalue weighted by Gasteiger charge is 2.04. The monoisotopic (exact) mass is 299 g/mol. The normalized spacial score (nSPS) is 10.6. The average Bonchev–Trinajstić information content (AvgIpc) is 2.53. The standard InChI is InChI=1S/C16H14ClN3O/c1-21-13-6-7-14-15(8-13)19-10-20-16(14)18-9-11-2-4-12(17)5-3-11/h2-8,10H,9H2,1H3,(H,18,19,20). The highest BCUT2D eigenvalue weighted by atomic mass is 35.5.